The van der Waals surface area contributed by atoms with Crippen LogP contribution in [0.25, 0.3) is 0 Å². The summed E-state index contributed by atoms with van der Waals surface area (Å²) in [6.07, 6.45) is 0. The molecule has 0 aromatic rings. The molecule has 0 saturated heterocycles. The molecule has 0 aliphatic rings. The van der Waals surface area contributed by atoms with Crippen LogP contribution in [0.4, 0.5) is 0 Å². The molecule has 0 atom stereocenters. The van der Waals surface area contributed by atoms with Crippen LogP contribution in [0.2, 0.25) is 0 Å². The van der Waals surface area contributed by atoms with Gasteiger partial charge in [-0.3, -0.25) is 9.80 Å². The highest BCUT2D eigenvalue weighted by Gasteiger charge is 2.03. The highest BCUT2D eigenvalue weighted by molar-refractivity contribution is 4.57. The van der Waals surface area contributed by atoms with Crippen LogP contribution < -0.4 is 0 Å². The fraction of sp³-hybridized carbons (Fsp3) is 1.00. The Morgan fingerprint density at radius 1 is 0.571 bits per heavy atom. The minimum Gasteiger partial charge on any atom is -0.305 e. The van der Waals surface area contributed by atoms with Gasteiger partial charge in [-0.25, -0.2) is 0 Å². The van der Waals surface area contributed by atoms with Gasteiger partial charge in [0.05, 0.1) is 6.67 Å². The van der Waals surface area contributed by atoms with Gasteiger partial charge < -0.3 is 4.90 Å². The summed E-state index contributed by atoms with van der Waals surface area (Å²) in [4.78, 5) is 7.01. The van der Waals surface area contributed by atoms with Crippen molar-refractivity contribution in [3.63, 3.8) is 0 Å². The summed E-state index contributed by atoms with van der Waals surface area (Å²) in [5.74, 6) is 0. The third kappa shape index (κ3) is 38.3. The maximum absolute atomic E-state index is 2.45. The second kappa shape index (κ2) is 36.8. The Hall–Kier alpha value is -0.120. The van der Waals surface area contributed by atoms with Gasteiger partial charge in [0.15, 0.2) is 0 Å². The molecule has 0 fully saturated rings. The number of nitrogens with zero attached hydrogens (tertiary/aromatic N) is 3. The molecule has 0 unspecified atom stereocenters. The Kier molecular flexibility index (Phi) is 102. The molecule has 0 aliphatic carbocycles. The quantitative estimate of drug-likeness (QED) is 0.544. The molecular formula is C18H57N3. The molecule has 21 heavy (non-hydrogen) atoms. The lowest BCUT2D eigenvalue weighted by atomic mass is 10.4. The van der Waals surface area contributed by atoms with E-state index in [9.17, 15) is 0 Å². The monoisotopic (exact) mass is 315 g/mol. The summed E-state index contributed by atoms with van der Waals surface area (Å²) < 4.78 is 0. The zero-order valence-electron chi connectivity index (χ0n) is 9.88. The highest BCUT2D eigenvalue weighted by atomic mass is 15.3. The maximum Gasteiger partial charge on any atom is 0.0501 e. The zero-order valence-corrected chi connectivity index (χ0v) is 9.88. The van der Waals surface area contributed by atoms with Crippen LogP contribution in [0.1, 0.15) is 73.3 Å². The summed E-state index contributed by atoms with van der Waals surface area (Å²) in [5.41, 5.74) is 0. The lowest BCUT2D eigenvalue weighted by molar-refractivity contribution is 0.165. The van der Waals surface area contributed by atoms with Crippen LogP contribution in [-0.2, 0) is 0 Å². The Morgan fingerprint density at radius 3 is 1.19 bits per heavy atom. The van der Waals surface area contributed by atoms with E-state index in [0.717, 1.165) is 26.3 Å². The first-order valence-electron chi connectivity index (χ1n) is 5.15. The molecule has 0 aromatic carbocycles. The number of rotatable bonds is 7. The van der Waals surface area contributed by atoms with Crippen molar-refractivity contribution >= 4 is 0 Å². The lowest BCUT2D eigenvalue weighted by Gasteiger charge is -2.26. The largest absolute Gasteiger partial charge is 0.305 e. The third-order valence-electron chi connectivity index (χ3n) is 2.27. The summed E-state index contributed by atoms with van der Waals surface area (Å²) in [6, 6.07) is 0. The van der Waals surface area contributed by atoms with Crippen LogP contribution in [-0.4, -0.2) is 68.7 Å². The van der Waals surface area contributed by atoms with Crippen LogP contribution in [0.5, 0.6) is 0 Å². The van der Waals surface area contributed by atoms with Gasteiger partial charge in [-0.2, -0.15) is 0 Å². The third-order valence-corrected chi connectivity index (χ3v) is 2.27. The second-order valence-electron chi connectivity index (χ2n) is 3.83. The topological polar surface area (TPSA) is 9.72 Å². The number of hydrogen-bond acceptors (Lipinski definition) is 3. The van der Waals surface area contributed by atoms with Crippen molar-refractivity contribution in [2.75, 3.05) is 54.0 Å². The molecule has 0 bridgehead atoms. The first-order chi connectivity index (χ1) is 6.10. The average molecular weight is 316 g/mol. The molecule has 0 radical (unpaired) electrons. The first kappa shape index (κ1) is 58.5. The van der Waals surface area contributed by atoms with Crippen molar-refractivity contribution in [3.8, 4) is 0 Å². The van der Waals surface area contributed by atoms with Gasteiger partial charge in [0, 0.05) is 13.1 Å². The lowest BCUT2D eigenvalue weighted by Crippen LogP contribution is -2.38. The van der Waals surface area contributed by atoms with E-state index in [1.807, 2.05) is 0 Å². The Morgan fingerprint density at radius 2 is 0.952 bits per heavy atom. The molecule has 0 rings (SSSR count). The average Bonchev–Trinajstić information content (AvgIpc) is 2.10. The van der Waals surface area contributed by atoms with E-state index in [-0.39, 0.29) is 59.4 Å². The molecule has 0 amide bonds. The van der Waals surface area contributed by atoms with Crippen molar-refractivity contribution in [1.82, 2.24) is 14.7 Å². The number of likely N-dealkylation sites (N-methyl/N-ethyl adjacent to an activating group) is 2. The van der Waals surface area contributed by atoms with E-state index in [1.165, 1.54) is 6.54 Å². The molecule has 0 saturated carbocycles. The van der Waals surface area contributed by atoms with Crippen molar-refractivity contribution in [2.24, 2.45) is 0 Å². The van der Waals surface area contributed by atoms with E-state index < -0.39 is 0 Å². The number of hydrogen-bond donors (Lipinski definition) is 0. The smallest absolute Gasteiger partial charge is 0.0501 e. The highest BCUT2D eigenvalue weighted by Crippen LogP contribution is 1.90. The van der Waals surface area contributed by atoms with Crippen LogP contribution >= 0.6 is 0 Å². The van der Waals surface area contributed by atoms with Gasteiger partial charge in [0.1, 0.15) is 0 Å². The fourth-order valence-corrected chi connectivity index (χ4v) is 1.20. The van der Waals surface area contributed by atoms with Crippen LogP contribution in [0.15, 0.2) is 0 Å². The van der Waals surface area contributed by atoms with E-state index in [4.69, 9.17) is 0 Å². The molecule has 0 heterocycles. The van der Waals surface area contributed by atoms with Gasteiger partial charge in [-0.1, -0.05) is 73.3 Å². The van der Waals surface area contributed by atoms with Crippen molar-refractivity contribution in [3.05, 3.63) is 0 Å². The van der Waals surface area contributed by atoms with Gasteiger partial charge in [0.25, 0.3) is 0 Å². The van der Waals surface area contributed by atoms with E-state index in [2.05, 4.69) is 49.7 Å². The summed E-state index contributed by atoms with van der Waals surface area (Å²) in [7, 11) is 6.40. The molecule has 0 aromatic heterocycles. The Labute approximate surface area is 142 Å². The Balaban J connectivity index is -0.0000000257. The van der Waals surface area contributed by atoms with Gasteiger partial charge in [-0.05, 0) is 34.2 Å². The SMILES string of the molecule is C.C.C.C.C.C.C.C.CCN(C)CCN(CC)CN(C)C. The summed E-state index contributed by atoms with van der Waals surface area (Å²) in [5, 5.41) is 0. The van der Waals surface area contributed by atoms with Crippen molar-refractivity contribution in [2.45, 2.75) is 73.3 Å². The predicted molar refractivity (Wildman–Crippen MR) is 113 cm³/mol. The maximum atomic E-state index is 2.45. The van der Waals surface area contributed by atoms with Gasteiger partial charge >= 0.3 is 0 Å². The Bertz CT molecular complexity index is 117. The van der Waals surface area contributed by atoms with E-state index in [1.54, 1.807) is 0 Å². The predicted octanol–water partition coefficient (Wildman–Crippen LogP) is 5.87. The summed E-state index contributed by atoms with van der Waals surface area (Å²) >= 11 is 0. The van der Waals surface area contributed by atoms with Crippen LogP contribution in [0, 0.1) is 0 Å². The van der Waals surface area contributed by atoms with E-state index >= 15 is 0 Å². The normalized spacial score (nSPS) is 7.43. The molecular weight excluding hydrogens is 258 g/mol. The summed E-state index contributed by atoms with van der Waals surface area (Å²) in [6.45, 7) is 10.1. The first-order valence-corrected chi connectivity index (χ1v) is 5.15. The molecule has 0 aliphatic heterocycles. The second-order valence-corrected chi connectivity index (χ2v) is 3.83. The van der Waals surface area contributed by atoms with Crippen molar-refractivity contribution < 1.29 is 0 Å². The van der Waals surface area contributed by atoms with Crippen molar-refractivity contribution in [1.29, 1.82) is 0 Å². The zero-order chi connectivity index (χ0) is 10.3. The van der Waals surface area contributed by atoms with Gasteiger partial charge in [-0.15, -0.1) is 0 Å². The standard InChI is InChI=1S/C10H25N3.8CH4/c1-6-12(5)8-9-13(7-2)10-11(3)4;;;;;;;;/h6-10H2,1-5H3;8*1H4. The molecule has 3 heteroatoms. The molecule has 144 valence electrons. The minimum atomic E-state index is 0. The fourth-order valence-electron chi connectivity index (χ4n) is 1.20. The minimum absolute atomic E-state index is 0. The molecule has 0 spiro atoms. The molecule has 0 N–H and O–H groups in total. The van der Waals surface area contributed by atoms with Gasteiger partial charge in [0.2, 0.25) is 0 Å². The van der Waals surface area contributed by atoms with Crippen LogP contribution in [0.3, 0.4) is 0 Å². The molecule has 3 nitrogen and oxygen atoms in total. The van der Waals surface area contributed by atoms with E-state index in [0.29, 0.717) is 0 Å².